The van der Waals surface area contributed by atoms with Crippen molar-refractivity contribution in [2.45, 2.75) is 12.8 Å². The Kier molecular flexibility index (Phi) is 3.65. The summed E-state index contributed by atoms with van der Waals surface area (Å²) in [6, 6.07) is 0. The van der Waals surface area contributed by atoms with Crippen molar-refractivity contribution in [1.82, 2.24) is 14.7 Å². The van der Waals surface area contributed by atoms with Crippen molar-refractivity contribution >= 4 is 11.6 Å². The molecule has 2 heterocycles. The smallest absolute Gasteiger partial charge is 0.0522 e. The maximum Gasteiger partial charge on any atom is 0.0522 e. The highest BCUT2D eigenvalue weighted by Crippen LogP contribution is 2.17. The molecule has 0 saturated carbocycles. The van der Waals surface area contributed by atoms with Crippen molar-refractivity contribution in [2.75, 3.05) is 25.5 Å². The van der Waals surface area contributed by atoms with Gasteiger partial charge in [-0.1, -0.05) is 0 Å². The summed E-state index contributed by atoms with van der Waals surface area (Å²) in [5, 5.41) is 4.17. The average molecular weight is 228 g/mol. The Morgan fingerprint density at radius 3 is 3.07 bits per heavy atom. The van der Waals surface area contributed by atoms with Crippen LogP contribution in [0.25, 0.3) is 0 Å². The van der Waals surface area contributed by atoms with E-state index in [9.17, 15) is 0 Å². The molecule has 4 heteroatoms. The normalized spacial score (nSPS) is 22.4. The number of hydrogen-bond acceptors (Lipinski definition) is 2. The van der Waals surface area contributed by atoms with Gasteiger partial charge in [-0.05, 0) is 30.9 Å². The third kappa shape index (κ3) is 2.95. The average Bonchev–Trinajstić information content (AvgIpc) is 2.83. The molecule has 1 fully saturated rings. The number of nitrogens with zero attached hydrogens (tertiary/aromatic N) is 3. The summed E-state index contributed by atoms with van der Waals surface area (Å²) in [6.45, 7) is 3.51. The van der Waals surface area contributed by atoms with E-state index in [1.807, 2.05) is 17.9 Å². The molecule has 1 aromatic rings. The van der Waals surface area contributed by atoms with Crippen molar-refractivity contribution in [2.24, 2.45) is 13.0 Å². The Labute approximate surface area is 96.0 Å². The van der Waals surface area contributed by atoms with Crippen LogP contribution in [0.4, 0.5) is 0 Å². The minimum absolute atomic E-state index is 0.709. The van der Waals surface area contributed by atoms with Gasteiger partial charge in [-0.3, -0.25) is 4.68 Å². The topological polar surface area (TPSA) is 21.1 Å². The number of aromatic nitrogens is 2. The van der Waals surface area contributed by atoms with Gasteiger partial charge in [-0.2, -0.15) is 5.10 Å². The van der Waals surface area contributed by atoms with Gasteiger partial charge in [0, 0.05) is 32.2 Å². The second-order valence-electron chi connectivity index (χ2n) is 4.38. The van der Waals surface area contributed by atoms with Crippen LogP contribution in [0.1, 0.15) is 12.0 Å². The van der Waals surface area contributed by atoms with E-state index in [1.165, 1.54) is 25.1 Å². The first-order chi connectivity index (χ1) is 7.28. The highest BCUT2D eigenvalue weighted by Gasteiger charge is 2.20. The van der Waals surface area contributed by atoms with Gasteiger partial charge in [0.1, 0.15) is 0 Å². The first-order valence-corrected chi connectivity index (χ1v) is 6.07. The van der Waals surface area contributed by atoms with E-state index in [0.29, 0.717) is 5.92 Å². The van der Waals surface area contributed by atoms with Crippen LogP contribution in [-0.4, -0.2) is 40.2 Å². The van der Waals surface area contributed by atoms with E-state index in [0.717, 1.165) is 18.8 Å². The second kappa shape index (κ2) is 4.99. The first kappa shape index (κ1) is 11.0. The maximum atomic E-state index is 5.85. The number of hydrogen-bond donors (Lipinski definition) is 0. The molecule has 1 aromatic heterocycles. The van der Waals surface area contributed by atoms with Crippen LogP contribution in [0.2, 0.25) is 0 Å². The van der Waals surface area contributed by atoms with Gasteiger partial charge in [0.2, 0.25) is 0 Å². The predicted octanol–water partition coefficient (Wildman–Crippen LogP) is 1.52. The fraction of sp³-hybridized carbons (Fsp3) is 0.727. The summed E-state index contributed by atoms with van der Waals surface area (Å²) in [6.07, 6.45) is 6.41. The Balaban J connectivity index is 1.75. The summed E-state index contributed by atoms with van der Waals surface area (Å²) in [4.78, 5) is 2.50. The molecule has 0 aliphatic carbocycles. The summed E-state index contributed by atoms with van der Waals surface area (Å²) < 4.78 is 1.86. The Bertz CT molecular complexity index is 311. The van der Waals surface area contributed by atoms with Gasteiger partial charge < -0.3 is 4.90 Å². The van der Waals surface area contributed by atoms with Crippen LogP contribution in [-0.2, 0) is 13.5 Å². The quantitative estimate of drug-likeness (QED) is 0.728. The molecule has 1 atom stereocenters. The van der Waals surface area contributed by atoms with Crippen molar-refractivity contribution < 1.29 is 0 Å². The molecule has 0 radical (unpaired) electrons. The van der Waals surface area contributed by atoms with Gasteiger partial charge in [0.05, 0.1) is 6.20 Å². The minimum Gasteiger partial charge on any atom is -0.303 e. The summed E-state index contributed by atoms with van der Waals surface area (Å²) in [5.41, 5.74) is 1.33. The monoisotopic (exact) mass is 227 g/mol. The highest BCUT2D eigenvalue weighted by atomic mass is 35.5. The fourth-order valence-electron chi connectivity index (χ4n) is 2.13. The van der Waals surface area contributed by atoms with Gasteiger partial charge in [0.15, 0.2) is 0 Å². The summed E-state index contributed by atoms with van der Waals surface area (Å²) >= 11 is 5.85. The van der Waals surface area contributed by atoms with E-state index in [1.54, 1.807) is 0 Å². The van der Waals surface area contributed by atoms with Gasteiger partial charge in [-0.25, -0.2) is 0 Å². The molecule has 15 heavy (non-hydrogen) atoms. The third-order valence-corrected chi connectivity index (χ3v) is 3.50. The SMILES string of the molecule is Cn1cc(CCN2CCC(CCl)C2)cn1. The van der Waals surface area contributed by atoms with Crippen molar-refractivity contribution in [3.05, 3.63) is 18.0 Å². The van der Waals surface area contributed by atoms with Crippen LogP contribution in [0.15, 0.2) is 12.4 Å². The minimum atomic E-state index is 0.709. The highest BCUT2D eigenvalue weighted by molar-refractivity contribution is 6.18. The van der Waals surface area contributed by atoms with E-state index < -0.39 is 0 Å². The zero-order chi connectivity index (χ0) is 10.7. The molecular formula is C11H18ClN3. The second-order valence-corrected chi connectivity index (χ2v) is 4.69. The molecule has 84 valence electrons. The van der Waals surface area contributed by atoms with E-state index in [-0.39, 0.29) is 0 Å². The molecule has 2 rings (SSSR count). The van der Waals surface area contributed by atoms with Crippen molar-refractivity contribution in [1.29, 1.82) is 0 Å². The molecule has 0 N–H and O–H groups in total. The van der Waals surface area contributed by atoms with E-state index >= 15 is 0 Å². The Morgan fingerprint density at radius 1 is 1.60 bits per heavy atom. The molecule has 0 aromatic carbocycles. The standard InChI is InChI=1S/C11H18ClN3/c1-14-8-11(7-13-14)3-5-15-4-2-10(6-12)9-15/h7-8,10H,2-6,9H2,1H3. The van der Waals surface area contributed by atoms with Crippen molar-refractivity contribution in [3.63, 3.8) is 0 Å². The van der Waals surface area contributed by atoms with E-state index in [2.05, 4.69) is 16.2 Å². The van der Waals surface area contributed by atoms with Gasteiger partial charge >= 0.3 is 0 Å². The molecule has 0 spiro atoms. The van der Waals surface area contributed by atoms with E-state index in [4.69, 9.17) is 11.6 Å². The fourth-order valence-corrected chi connectivity index (χ4v) is 2.38. The zero-order valence-corrected chi connectivity index (χ0v) is 9.95. The predicted molar refractivity (Wildman–Crippen MR) is 62.2 cm³/mol. The van der Waals surface area contributed by atoms with Crippen LogP contribution in [0.5, 0.6) is 0 Å². The number of aryl methyl sites for hydroxylation is 1. The Morgan fingerprint density at radius 2 is 2.47 bits per heavy atom. The zero-order valence-electron chi connectivity index (χ0n) is 9.19. The number of halogens is 1. The largest absolute Gasteiger partial charge is 0.303 e. The molecule has 1 aliphatic rings. The maximum absolute atomic E-state index is 5.85. The third-order valence-electron chi connectivity index (χ3n) is 3.06. The molecular weight excluding hydrogens is 210 g/mol. The molecule has 0 amide bonds. The Hall–Kier alpha value is -0.540. The lowest BCUT2D eigenvalue weighted by Crippen LogP contribution is -2.23. The lowest BCUT2D eigenvalue weighted by molar-refractivity contribution is 0.333. The van der Waals surface area contributed by atoms with Gasteiger partial charge in [-0.15, -0.1) is 11.6 Å². The first-order valence-electron chi connectivity index (χ1n) is 5.54. The molecule has 0 bridgehead atoms. The van der Waals surface area contributed by atoms with Crippen LogP contribution < -0.4 is 0 Å². The summed E-state index contributed by atoms with van der Waals surface area (Å²) in [7, 11) is 1.96. The molecule has 1 unspecified atom stereocenters. The lowest BCUT2D eigenvalue weighted by atomic mass is 10.2. The molecule has 1 saturated heterocycles. The number of likely N-dealkylation sites (tertiary alicyclic amines) is 1. The summed E-state index contributed by atoms with van der Waals surface area (Å²) in [5.74, 6) is 1.52. The number of alkyl halides is 1. The van der Waals surface area contributed by atoms with Gasteiger partial charge in [0.25, 0.3) is 0 Å². The van der Waals surface area contributed by atoms with Crippen molar-refractivity contribution in [3.8, 4) is 0 Å². The van der Waals surface area contributed by atoms with Crippen LogP contribution >= 0.6 is 11.6 Å². The molecule has 1 aliphatic heterocycles. The molecule has 3 nitrogen and oxygen atoms in total. The number of rotatable bonds is 4. The van der Waals surface area contributed by atoms with Crippen LogP contribution in [0, 0.1) is 5.92 Å². The van der Waals surface area contributed by atoms with Crippen LogP contribution in [0.3, 0.4) is 0 Å². The lowest BCUT2D eigenvalue weighted by Gasteiger charge is -2.14.